The molecule has 0 N–H and O–H groups in total. The molecule has 4 aromatic carbocycles. The van der Waals surface area contributed by atoms with Gasteiger partial charge in [-0.25, -0.2) is 20.0 Å². The molecule has 182 valence electrons. The van der Waals surface area contributed by atoms with Gasteiger partial charge in [0.1, 0.15) is 22.6 Å². The van der Waals surface area contributed by atoms with Gasteiger partial charge in [-0.15, -0.1) is 0 Å². The number of para-hydroxylation sites is 1. The monoisotopic (exact) mass is 501 g/mol. The number of amidine groups is 2. The smallest absolute Gasteiger partial charge is 0.378 e. The van der Waals surface area contributed by atoms with Gasteiger partial charge in [-0.1, -0.05) is 91.0 Å². The molecule has 5 heterocycles. The second-order valence-electron chi connectivity index (χ2n) is 10.1. The van der Waals surface area contributed by atoms with Gasteiger partial charge in [0.05, 0.1) is 0 Å². The molecule has 0 unspecified atom stereocenters. The van der Waals surface area contributed by atoms with Gasteiger partial charge in [-0.3, -0.25) is 0 Å². The van der Waals surface area contributed by atoms with E-state index < -0.39 is 0 Å². The fourth-order valence-electron chi connectivity index (χ4n) is 6.18. The topological polar surface area (TPSA) is 62.5 Å². The molecular weight excluding hydrogens is 481 g/mol. The third kappa shape index (κ3) is 2.67. The minimum atomic E-state index is -0.297. The van der Waals surface area contributed by atoms with Crippen LogP contribution in [-0.2, 0) is 0 Å². The summed E-state index contributed by atoms with van der Waals surface area (Å²) < 4.78 is 4.49. The molecule has 9 rings (SSSR count). The van der Waals surface area contributed by atoms with Crippen LogP contribution < -0.4 is 15.8 Å². The maximum absolute atomic E-state index is 5.34. The highest BCUT2D eigenvalue weighted by Gasteiger charge is 2.40. The van der Waals surface area contributed by atoms with Crippen molar-refractivity contribution >= 4 is 57.7 Å². The Bertz CT molecular complexity index is 2210. The first-order valence-electron chi connectivity index (χ1n) is 13.0. The third-order valence-corrected chi connectivity index (χ3v) is 7.96. The second kappa shape index (κ2) is 7.42. The Morgan fingerprint density at radius 3 is 1.69 bits per heavy atom. The van der Waals surface area contributed by atoms with Crippen LogP contribution >= 0.6 is 0 Å². The summed E-state index contributed by atoms with van der Waals surface area (Å²) in [7, 11) is 1.83. The first-order valence-corrected chi connectivity index (χ1v) is 13.0. The number of fused-ring (bicyclic) bond motifs is 10. The molecule has 39 heavy (non-hydrogen) atoms. The number of anilines is 1. The molecule has 0 radical (unpaired) electrons. The maximum Gasteiger partial charge on any atom is 0.518 e. The van der Waals surface area contributed by atoms with Gasteiger partial charge in [-0.2, -0.15) is 0 Å². The van der Waals surface area contributed by atoms with Crippen LogP contribution in [0.1, 0.15) is 11.1 Å². The maximum atomic E-state index is 5.34. The van der Waals surface area contributed by atoms with E-state index in [1.54, 1.807) is 0 Å². The van der Waals surface area contributed by atoms with E-state index in [0.29, 0.717) is 11.7 Å². The lowest BCUT2D eigenvalue weighted by molar-refractivity contribution is 0.893. The van der Waals surface area contributed by atoms with Gasteiger partial charge in [0.15, 0.2) is 11.7 Å². The van der Waals surface area contributed by atoms with E-state index >= 15 is 0 Å². The molecule has 0 amide bonds. The van der Waals surface area contributed by atoms with E-state index in [4.69, 9.17) is 20.0 Å². The molecule has 0 saturated heterocycles. The number of benzene rings is 4. The Hall–Kier alpha value is -5.24. The summed E-state index contributed by atoms with van der Waals surface area (Å²) in [6, 6.07) is 35.5. The van der Waals surface area contributed by atoms with Gasteiger partial charge in [0.2, 0.25) is 0 Å². The summed E-state index contributed by atoms with van der Waals surface area (Å²) in [6.45, 7) is 0. The summed E-state index contributed by atoms with van der Waals surface area (Å²) in [5.74, 6) is 3.07. The molecule has 0 aliphatic carbocycles. The molecule has 0 saturated carbocycles. The number of hydrogen-bond donors (Lipinski definition) is 0. The largest absolute Gasteiger partial charge is 0.518 e. The molecule has 0 spiro atoms. The van der Waals surface area contributed by atoms with Crippen LogP contribution in [0.4, 0.5) is 17.3 Å². The highest BCUT2D eigenvalue weighted by atomic mass is 15.3. The average Bonchev–Trinajstić information content (AvgIpc) is 3.61. The van der Waals surface area contributed by atoms with Crippen molar-refractivity contribution in [2.45, 2.75) is 0 Å². The van der Waals surface area contributed by atoms with Crippen LogP contribution in [-0.4, -0.2) is 34.8 Å². The minimum Gasteiger partial charge on any atom is -0.378 e. The summed E-state index contributed by atoms with van der Waals surface area (Å²) >= 11 is 0. The number of aliphatic imine (C=N–C) groups is 2. The van der Waals surface area contributed by atoms with Crippen LogP contribution in [0.3, 0.4) is 0 Å². The summed E-state index contributed by atoms with van der Waals surface area (Å²) in [4.78, 5) is 23.1. The fourth-order valence-corrected chi connectivity index (χ4v) is 6.18. The molecule has 3 aliphatic rings. The Morgan fingerprint density at radius 2 is 1.03 bits per heavy atom. The molecule has 6 aromatic rings. The van der Waals surface area contributed by atoms with Crippen LogP contribution in [0.25, 0.3) is 21.5 Å². The van der Waals surface area contributed by atoms with Crippen LogP contribution in [0.15, 0.2) is 123 Å². The van der Waals surface area contributed by atoms with Gasteiger partial charge in [0.25, 0.3) is 0 Å². The van der Waals surface area contributed by atoms with Crippen molar-refractivity contribution < 1.29 is 0 Å². The van der Waals surface area contributed by atoms with E-state index in [0.717, 1.165) is 61.0 Å². The van der Waals surface area contributed by atoms with E-state index in [9.17, 15) is 0 Å². The molecule has 0 fully saturated rings. The van der Waals surface area contributed by atoms with Gasteiger partial charge < -0.3 is 13.8 Å². The number of hydrogen-bond acceptors (Lipinski definition) is 5. The molecule has 2 aromatic heterocycles. The van der Waals surface area contributed by atoms with Gasteiger partial charge in [-0.05, 0) is 19.2 Å². The molecule has 4 bridgehead atoms. The highest BCUT2D eigenvalue weighted by Crippen LogP contribution is 2.41. The van der Waals surface area contributed by atoms with E-state index in [1.807, 2.05) is 18.2 Å². The van der Waals surface area contributed by atoms with Crippen molar-refractivity contribution in [2.75, 3.05) is 11.9 Å². The predicted octanol–water partition coefficient (Wildman–Crippen LogP) is 4.85. The highest BCUT2D eigenvalue weighted by molar-refractivity contribution is 6.62. The van der Waals surface area contributed by atoms with Crippen molar-refractivity contribution in [2.24, 2.45) is 20.0 Å². The van der Waals surface area contributed by atoms with Crippen LogP contribution in [0.5, 0.6) is 0 Å². The van der Waals surface area contributed by atoms with E-state index in [-0.39, 0.29) is 7.12 Å². The number of nitrogens with zero attached hydrogens (tertiary/aromatic N) is 7. The fraction of sp³-hybridized carbons (Fsp3) is 0.0323. The normalized spacial score (nSPS) is 14.4. The first kappa shape index (κ1) is 20.8. The van der Waals surface area contributed by atoms with Crippen molar-refractivity contribution in [3.63, 3.8) is 0 Å². The lowest BCUT2D eigenvalue weighted by Crippen LogP contribution is -2.57. The van der Waals surface area contributed by atoms with E-state index in [2.05, 4.69) is 106 Å². The molecule has 0 atom stereocenters. The zero-order chi connectivity index (χ0) is 25.7. The lowest BCUT2D eigenvalue weighted by Gasteiger charge is -2.31. The molecule has 3 aliphatic heterocycles. The zero-order valence-electron chi connectivity index (χ0n) is 21.0. The Balaban J connectivity index is 1.54. The molecular formula is C31H20BN7. The first-order chi connectivity index (χ1) is 19.3. The van der Waals surface area contributed by atoms with Crippen molar-refractivity contribution in [3.8, 4) is 0 Å². The predicted molar refractivity (Wildman–Crippen MR) is 156 cm³/mol. The molecule has 8 heteroatoms. The third-order valence-electron chi connectivity index (χ3n) is 7.96. The Morgan fingerprint density at radius 1 is 0.513 bits per heavy atom. The zero-order valence-corrected chi connectivity index (χ0v) is 21.0. The van der Waals surface area contributed by atoms with E-state index in [1.165, 1.54) is 0 Å². The average molecular weight is 501 g/mol. The lowest BCUT2D eigenvalue weighted by atomic mass is 9.87. The number of aromatic nitrogens is 2. The Kier molecular flexibility index (Phi) is 3.95. The Labute approximate surface area is 223 Å². The van der Waals surface area contributed by atoms with Crippen LogP contribution in [0.2, 0.25) is 0 Å². The SMILES string of the molecule is CN(B1n2c3c4ccccc4c2N=c2c4ccccc4c(n21)=NC1=NC(=N3)c2ccccc21)c1ccccc1. The second-order valence-corrected chi connectivity index (χ2v) is 10.1. The minimum absolute atomic E-state index is 0.297. The summed E-state index contributed by atoms with van der Waals surface area (Å²) in [5.41, 5.74) is 4.79. The standard InChI is InChI=1S/C31H20BN7/c1-37(19-11-3-2-4-12-19)32-38-28-22-15-7-9-17-24(22)30(38)36-31-25-18-10-8-16-23(25)29(39(31)32)35-27-21-14-6-5-13-20(21)26(33-27)34-28/h2-18H,1H3. The quantitative estimate of drug-likeness (QED) is 0.313. The molecule has 7 nitrogen and oxygen atoms in total. The number of rotatable bonds is 2. The van der Waals surface area contributed by atoms with Crippen molar-refractivity contribution in [1.82, 2.24) is 8.96 Å². The van der Waals surface area contributed by atoms with Crippen molar-refractivity contribution in [3.05, 3.63) is 125 Å². The van der Waals surface area contributed by atoms with Gasteiger partial charge >= 0.3 is 7.12 Å². The summed E-state index contributed by atoms with van der Waals surface area (Å²) in [6.07, 6.45) is 0. The van der Waals surface area contributed by atoms with Gasteiger partial charge in [0, 0.05) is 38.4 Å². The van der Waals surface area contributed by atoms with Crippen LogP contribution in [0, 0.1) is 0 Å². The van der Waals surface area contributed by atoms with Crippen molar-refractivity contribution in [1.29, 1.82) is 0 Å². The summed E-state index contributed by atoms with van der Waals surface area (Å²) in [5, 5.41) is 4.22.